The van der Waals surface area contributed by atoms with Crippen molar-refractivity contribution in [3.63, 3.8) is 0 Å². The molecule has 0 unspecified atom stereocenters. The van der Waals surface area contributed by atoms with Crippen molar-refractivity contribution < 1.29 is 14.3 Å². The topological polar surface area (TPSA) is 54.8 Å². The van der Waals surface area contributed by atoms with Crippen LogP contribution < -0.4 is 0 Å². The van der Waals surface area contributed by atoms with E-state index in [1.165, 1.54) is 11.1 Å². The molecule has 2 amide bonds. The monoisotopic (exact) mass is 609 g/mol. The van der Waals surface area contributed by atoms with Crippen LogP contribution in [0.4, 0.5) is 0 Å². The summed E-state index contributed by atoms with van der Waals surface area (Å²) in [6.07, 6.45) is 7.92. The van der Waals surface area contributed by atoms with Crippen LogP contribution in [0.1, 0.15) is 73.1 Å². The molecule has 40 heavy (non-hydrogen) atoms. The summed E-state index contributed by atoms with van der Waals surface area (Å²) in [6.45, 7) is 7.27. The van der Waals surface area contributed by atoms with Gasteiger partial charge in [0.25, 0.3) is 5.91 Å². The second-order valence-corrected chi connectivity index (χ2v) is 11.2. The lowest BCUT2D eigenvalue weighted by molar-refractivity contribution is -0.132. The highest BCUT2D eigenvalue weighted by molar-refractivity contribution is 9.10. The van der Waals surface area contributed by atoms with Crippen LogP contribution in [-0.2, 0) is 29.0 Å². The quantitative estimate of drug-likeness (QED) is 0.156. The lowest BCUT2D eigenvalue weighted by Gasteiger charge is -2.28. The molecule has 0 radical (unpaired) electrons. The number of halogens is 1. The normalized spacial score (nSPS) is 11.0. The Balaban J connectivity index is 1.74. The van der Waals surface area contributed by atoms with Crippen molar-refractivity contribution in [3.8, 4) is 0 Å². The molecule has 1 heterocycles. The van der Waals surface area contributed by atoms with Crippen LogP contribution in [0.3, 0.4) is 0 Å². The van der Waals surface area contributed by atoms with Crippen molar-refractivity contribution in [3.05, 3.63) is 93.7 Å². The number of methoxy groups -OCH3 is 1. The first-order valence-corrected chi connectivity index (χ1v) is 15.3. The van der Waals surface area contributed by atoms with E-state index in [-0.39, 0.29) is 18.4 Å². The maximum atomic E-state index is 13.7. The summed E-state index contributed by atoms with van der Waals surface area (Å²) >= 11 is 3.50. The maximum Gasteiger partial charge on any atom is 0.254 e. The van der Waals surface area contributed by atoms with Gasteiger partial charge in [0.2, 0.25) is 5.91 Å². The molecule has 0 aliphatic carbocycles. The van der Waals surface area contributed by atoms with Crippen molar-refractivity contribution >= 4 is 27.7 Å². The van der Waals surface area contributed by atoms with Crippen molar-refractivity contribution in [2.75, 3.05) is 33.4 Å². The van der Waals surface area contributed by atoms with Gasteiger partial charge in [-0.05, 0) is 73.2 Å². The lowest BCUT2D eigenvalue weighted by Crippen LogP contribution is -2.43. The number of hydrogen-bond acceptors (Lipinski definition) is 3. The number of ether oxygens (including phenoxy) is 1. The van der Waals surface area contributed by atoms with Crippen LogP contribution in [0, 0.1) is 0 Å². The maximum absolute atomic E-state index is 13.7. The first kappa shape index (κ1) is 31.6. The Kier molecular flexibility index (Phi) is 13.5. The fraction of sp³-hybridized carbons (Fsp3) is 0.455. The van der Waals surface area contributed by atoms with E-state index in [0.717, 1.165) is 48.8 Å². The number of unbranched alkanes of at least 4 members (excludes halogenated alkanes) is 2. The molecule has 0 fully saturated rings. The molecule has 6 nitrogen and oxygen atoms in total. The number of rotatable bonds is 17. The minimum atomic E-state index is -0.111. The molecule has 3 rings (SSSR count). The van der Waals surface area contributed by atoms with E-state index in [1.54, 1.807) is 12.0 Å². The van der Waals surface area contributed by atoms with Gasteiger partial charge in [0.1, 0.15) is 6.54 Å². The smallest absolute Gasteiger partial charge is 0.254 e. The van der Waals surface area contributed by atoms with Crippen LogP contribution in [0.15, 0.2) is 71.3 Å². The summed E-state index contributed by atoms with van der Waals surface area (Å²) in [4.78, 5) is 30.8. The number of amides is 2. The van der Waals surface area contributed by atoms with Gasteiger partial charge in [0, 0.05) is 55.3 Å². The second kappa shape index (κ2) is 17.0. The van der Waals surface area contributed by atoms with E-state index >= 15 is 0 Å². The highest BCUT2D eigenvalue weighted by Gasteiger charge is 2.23. The van der Waals surface area contributed by atoms with Gasteiger partial charge >= 0.3 is 0 Å². The zero-order valence-corrected chi connectivity index (χ0v) is 25.9. The fourth-order valence-electron chi connectivity index (χ4n) is 4.66. The number of nitrogens with zero attached hydrogens (tertiary/aromatic N) is 3. The highest BCUT2D eigenvalue weighted by Crippen LogP contribution is 2.16. The van der Waals surface area contributed by atoms with E-state index in [4.69, 9.17) is 4.74 Å². The number of aryl methyl sites for hydroxylation is 1. The Morgan fingerprint density at radius 2 is 1.52 bits per heavy atom. The number of aromatic nitrogens is 1. The summed E-state index contributed by atoms with van der Waals surface area (Å²) in [6, 6.07) is 20.3. The van der Waals surface area contributed by atoms with Crippen LogP contribution in [0.5, 0.6) is 0 Å². The zero-order valence-electron chi connectivity index (χ0n) is 24.3. The first-order chi connectivity index (χ1) is 19.4. The number of carbonyl (C=O) groups excluding carboxylic acids is 2. The van der Waals surface area contributed by atoms with Gasteiger partial charge < -0.3 is 19.1 Å². The first-order valence-electron chi connectivity index (χ1n) is 14.5. The van der Waals surface area contributed by atoms with Crippen molar-refractivity contribution in [2.24, 2.45) is 0 Å². The molecule has 0 atom stereocenters. The summed E-state index contributed by atoms with van der Waals surface area (Å²) in [7, 11) is 1.65. The minimum absolute atomic E-state index is 0.0322. The van der Waals surface area contributed by atoms with Crippen molar-refractivity contribution in [2.45, 2.75) is 65.5 Å². The molecule has 2 aromatic carbocycles. The Morgan fingerprint density at radius 3 is 2.20 bits per heavy atom. The predicted molar refractivity (Wildman–Crippen MR) is 165 cm³/mol. The van der Waals surface area contributed by atoms with Gasteiger partial charge in [-0.15, -0.1) is 0 Å². The van der Waals surface area contributed by atoms with Crippen molar-refractivity contribution in [1.82, 2.24) is 14.4 Å². The minimum Gasteiger partial charge on any atom is -0.385 e. The summed E-state index contributed by atoms with van der Waals surface area (Å²) in [5.74, 6) is -0.143. The van der Waals surface area contributed by atoms with Crippen molar-refractivity contribution in [1.29, 1.82) is 0 Å². The van der Waals surface area contributed by atoms with Crippen LogP contribution in [0.25, 0.3) is 0 Å². The van der Waals surface area contributed by atoms with Gasteiger partial charge in [-0.2, -0.15) is 0 Å². The Labute approximate surface area is 248 Å². The van der Waals surface area contributed by atoms with Crippen LogP contribution in [0.2, 0.25) is 0 Å². The van der Waals surface area contributed by atoms with Gasteiger partial charge in [0.15, 0.2) is 0 Å². The number of carbonyl (C=O) groups is 2. The largest absolute Gasteiger partial charge is 0.385 e. The van der Waals surface area contributed by atoms with Gasteiger partial charge in [0.05, 0.1) is 6.54 Å². The van der Waals surface area contributed by atoms with E-state index in [0.29, 0.717) is 38.2 Å². The van der Waals surface area contributed by atoms with E-state index in [9.17, 15) is 9.59 Å². The predicted octanol–water partition coefficient (Wildman–Crippen LogP) is 6.95. The molecular formula is C33H44BrN3O3. The van der Waals surface area contributed by atoms with Gasteiger partial charge in [-0.3, -0.25) is 9.59 Å². The lowest BCUT2D eigenvalue weighted by atomic mass is 10.1. The molecule has 0 saturated carbocycles. The molecular weight excluding hydrogens is 566 g/mol. The van der Waals surface area contributed by atoms with Crippen LogP contribution in [-0.4, -0.2) is 59.5 Å². The summed E-state index contributed by atoms with van der Waals surface area (Å²) in [5, 5.41) is 0. The molecule has 0 bridgehead atoms. The Morgan fingerprint density at radius 1 is 0.850 bits per heavy atom. The molecule has 1 aromatic heterocycles. The summed E-state index contributed by atoms with van der Waals surface area (Å²) in [5.41, 5.74) is 4.13. The average Bonchev–Trinajstić information content (AvgIpc) is 3.40. The molecule has 0 N–H and O–H groups in total. The molecule has 0 aliphatic heterocycles. The third kappa shape index (κ3) is 9.93. The average molecular weight is 611 g/mol. The molecule has 7 heteroatoms. The zero-order chi connectivity index (χ0) is 28.7. The van der Waals surface area contributed by atoms with Gasteiger partial charge in [-0.25, -0.2) is 0 Å². The molecule has 0 spiro atoms. The standard InChI is InChI=1S/C33H44BrN3O3/c1-4-6-10-27-12-16-29(17-13-27)33(39)37(22-9-23-40-3)26-32(38)36(20-7-5-2)25-31-11-8-21-35(31)24-28-14-18-30(34)19-15-28/h8,11-19,21H,4-7,9-10,20,22-26H2,1-3H3. The summed E-state index contributed by atoms with van der Waals surface area (Å²) < 4.78 is 8.48. The van der Waals surface area contributed by atoms with E-state index in [2.05, 4.69) is 58.7 Å². The SMILES string of the molecule is CCCCc1ccc(C(=O)N(CCCOC)CC(=O)N(CCCC)Cc2cccn2Cc2ccc(Br)cc2)cc1. The molecule has 0 aliphatic rings. The fourth-order valence-corrected chi connectivity index (χ4v) is 4.93. The number of hydrogen-bond donors (Lipinski definition) is 0. The molecule has 216 valence electrons. The van der Waals surface area contributed by atoms with Crippen LogP contribution >= 0.6 is 15.9 Å². The second-order valence-electron chi connectivity index (χ2n) is 10.3. The third-order valence-corrected chi connectivity index (χ3v) is 7.62. The highest BCUT2D eigenvalue weighted by atomic mass is 79.9. The van der Waals surface area contributed by atoms with Gasteiger partial charge in [-0.1, -0.05) is 66.9 Å². The molecule has 0 saturated heterocycles. The van der Waals surface area contributed by atoms with E-state index < -0.39 is 0 Å². The Hall–Kier alpha value is -2.90. The Bertz CT molecular complexity index is 1170. The third-order valence-electron chi connectivity index (χ3n) is 7.09. The number of benzene rings is 2. The van der Waals surface area contributed by atoms with E-state index in [1.807, 2.05) is 47.4 Å². The molecule has 3 aromatic rings.